The molecule has 0 amide bonds. The summed E-state index contributed by atoms with van der Waals surface area (Å²) in [6, 6.07) is 2.61. The van der Waals surface area contributed by atoms with Crippen LogP contribution in [0.2, 0.25) is 10.0 Å². The SMILES string of the molecule is COc1cc(Cl)c(CNC(C)C(=O)O)cc1Cl. The van der Waals surface area contributed by atoms with E-state index in [1.165, 1.54) is 7.11 Å². The van der Waals surface area contributed by atoms with E-state index >= 15 is 0 Å². The van der Waals surface area contributed by atoms with Crippen LogP contribution in [0.3, 0.4) is 0 Å². The minimum absolute atomic E-state index is 0.329. The topological polar surface area (TPSA) is 58.6 Å². The molecule has 0 radical (unpaired) electrons. The summed E-state index contributed by atoms with van der Waals surface area (Å²) in [5.41, 5.74) is 0.727. The summed E-state index contributed by atoms with van der Waals surface area (Å²) >= 11 is 12.0. The molecular formula is C11H13Cl2NO3. The largest absolute Gasteiger partial charge is 0.495 e. The van der Waals surface area contributed by atoms with E-state index in [2.05, 4.69) is 5.32 Å². The molecule has 0 aliphatic carbocycles. The average molecular weight is 278 g/mol. The van der Waals surface area contributed by atoms with Gasteiger partial charge in [0.05, 0.1) is 12.1 Å². The van der Waals surface area contributed by atoms with Crippen molar-refractivity contribution in [3.8, 4) is 5.75 Å². The summed E-state index contributed by atoms with van der Waals surface area (Å²) in [6.07, 6.45) is 0. The van der Waals surface area contributed by atoms with Crippen molar-refractivity contribution in [1.82, 2.24) is 5.32 Å². The maximum absolute atomic E-state index is 10.6. The third-order valence-electron chi connectivity index (χ3n) is 2.29. The Hall–Kier alpha value is -0.970. The number of ether oxygens (including phenoxy) is 1. The fraction of sp³-hybridized carbons (Fsp3) is 0.364. The molecule has 0 saturated heterocycles. The Morgan fingerprint density at radius 3 is 2.65 bits per heavy atom. The lowest BCUT2D eigenvalue weighted by atomic mass is 10.2. The molecule has 2 N–H and O–H groups in total. The third kappa shape index (κ3) is 3.77. The number of carbonyl (C=O) groups is 1. The van der Waals surface area contributed by atoms with Crippen LogP contribution in [0.15, 0.2) is 12.1 Å². The van der Waals surface area contributed by atoms with Crippen LogP contribution in [0.4, 0.5) is 0 Å². The Kier molecular flexibility index (Phi) is 5.05. The van der Waals surface area contributed by atoms with Gasteiger partial charge in [0.2, 0.25) is 0 Å². The number of nitrogens with one attached hydrogen (secondary N) is 1. The van der Waals surface area contributed by atoms with Crippen LogP contribution in [0, 0.1) is 0 Å². The molecule has 0 aliphatic rings. The summed E-state index contributed by atoms with van der Waals surface area (Å²) in [5, 5.41) is 12.5. The lowest BCUT2D eigenvalue weighted by Crippen LogP contribution is -2.33. The van der Waals surface area contributed by atoms with E-state index in [9.17, 15) is 4.79 Å². The lowest BCUT2D eigenvalue weighted by molar-refractivity contribution is -0.139. The van der Waals surface area contributed by atoms with Gasteiger partial charge in [0.15, 0.2) is 0 Å². The van der Waals surface area contributed by atoms with Crippen molar-refractivity contribution in [1.29, 1.82) is 0 Å². The average Bonchev–Trinajstić information content (AvgIpc) is 2.29. The van der Waals surface area contributed by atoms with Crippen LogP contribution in [-0.2, 0) is 11.3 Å². The highest BCUT2D eigenvalue weighted by atomic mass is 35.5. The van der Waals surface area contributed by atoms with Crippen molar-refractivity contribution in [2.75, 3.05) is 7.11 Å². The van der Waals surface area contributed by atoms with Crippen LogP contribution in [0.1, 0.15) is 12.5 Å². The minimum Gasteiger partial charge on any atom is -0.495 e. The highest BCUT2D eigenvalue weighted by Crippen LogP contribution is 2.30. The van der Waals surface area contributed by atoms with Crippen LogP contribution in [-0.4, -0.2) is 24.2 Å². The highest BCUT2D eigenvalue weighted by Gasteiger charge is 2.12. The van der Waals surface area contributed by atoms with Crippen LogP contribution < -0.4 is 10.1 Å². The zero-order valence-corrected chi connectivity index (χ0v) is 11.0. The standard InChI is InChI=1S/C11H13Cl2NO3/c1-6(11(15)16)14-5-7-3-9(13)10(17-2)4-8(7)12/h3-4,6,14H,5H2,1-2H3,(H,15,16). The molecule has 1 rings (SSSR count). The molecule has 94 valence electrons. The zero-order valence-electron chi connectivity index (χ0n) is 9.46. The van der Waals surface area contributed by atoms with E-state index in [-0.39, 0.29) is 0 Å². The molecule has 0 saturated carbocycles. The van der Waals surface area contributed by atoms with Crippen LogP contribution in [0.25, 0.3) is 0 Å². The normalized spacial score (nSPS) is 12.2. The van der Waals surface area contributed by atoms with Crippen molar-refractivity contribution in [3.63, 3.8) is 0 Å². The summed E-state index contributed by atoms with van der Waals surface area (Å²) in [7, 11) is 1.50. The number of methoxy groups -OCH3 is 1. The summed E-state index contributed by atoms with van der Waals surface area (Å²) in [6.45, 7) is 1.89. The minimum atomic E-state index is -0.916. The summed E-state index contributed by atoms with van der Waals surface area (Å²) in [5.74, 6) is -0.424. The van der Waals surface area contributed by atoms with E-state index in [1.807, 2.05) is 0 Å². The van der Waals surface area contributed by atoms with Gasteiger partial charge in [-0.3, -0.25) is 4.79 Å². The van der Waals surface area contributed by atoms with Gasteiger partial charge in [0, 0.05) is 17.6 Å². The molecule has 17 heavy (non-hydrogen) atoms. The first kappa shape index (κ1) is 14.1. The second-order valence-electron chi connectivity index (χ2n) is 3.52. The quantitative estimate of drug-likeness (QED) is 0.869. The van der Waals surface area contributed by atoms with Crippen molar-refractivity contribution in [2.24, 2.45) is 0 Å². The number of rotatable bonds is 5. The van der Waals surface area contributed by atoms with E-state index in [1.54, 1.807) is 19.1 Å². The molecule has 0 aromatic heterocycles. The molecule has 1 unspecified atom stereocenters. The van der Waals surface area contributed by atoms with Crippen molar-refractivity contribution >= 4 is 29.2 Å². The molecule has 0 aliphatic heterocycles. The monoisotopic (exact) mass is 277 g/mol. The van der Waals surface area contributed by atoms with Gasteiger partial charge in [0.25, 0.3) is 0 Å². The molecule has 6 heteroatoms. The fourth-order valence-corrected chi connectivity index (χ4v) is 1.70. The van der Waals surface area contributed by atoms with Gasteiger partial charge >= 0.3 is 5.97 Å². The van der Waals surface area contributed by atoms with Gasteiger partial charge in [-0.1, -0.05) is 23.2 Å². The Balaban J connectivity index is 2.78. The van der Waals surface area contributed by atoms with Crippen molar-refractivity contribution in [2.45, 2.75) is 19.5 Å². The molecule has 1 aromatic carbocycles. The Morgan fingerprint density at radius 1 is 1.47 bits per heavy atom. The maximum Gasteiger partial charge on any atom is 0.320 e. The number of carboxylic acids is 1. The molecule has 0 fully saturated rings. The number of aliphatic carboxylic acids is 1. The number of hydrogen-bond donors (Lipinski definition) is 2. The number of carboxylic acid groups (broad SMARTS) is 1. The van der Waals surface area contributed by atoms with Gasteiger partial charge in [-0.15, -0.1) is 0 Å². The molecule has 0 heterocycles. The molecule has 1 atom stereocenters. The molecular weight excluding hydrogens is 265 g/mol. The number of halogens is 2. The van der Waals surface area contributed by atoms with Gasteiger partial charge in [-0.05, 0) is 18.6 Å². The second-order valence-corrected chi connectivity index (χ2v) is 4.33. The maximum atomic E-state index is 10.6. The number of benzene rings is 1. The van der Waals surface area contributed by atoms with Gasteiger partial charge in [-0.25, -0.2) is 0 Å². The first-order valence-electron chi connectivity index (χ1n) is 4.93. The predicted molar refractivity (Wildman–Crippen MR) is 67.0 cm³/mol. The fourth-order valence-electron chi connectivity index (χ4n) is 1.21. The van der Waals surface area contributed by atoms with Gasteiger partial charge in [0.1, 0.15) is 11.8 Å². The van der Waals surface area contributed by atoms with E-state index in [0.29, 0.717) is 22.3 Å². The van der Waals surface area contributed by atoms with Gasteiger partial charge < -0.3 is 15.2 Å². The first-order chi connectivity index (χ1) is 7.95. The zero-order chi connectivity index (χ0) is 13.0. The predicted octanol–water partition coefficient (Wildman–Crippen LogP) is 2.56. The Bertz CT molecular complexity index is 423. The van der Waals surface area contributed by atoms with Crippen LogP contribution in [0.5, 0.6) is 5.75 Å². The van der Waals surface area contributed by atoms with Gasteiger partial charge in [-0.2, -0.15) is 0 Å². The molecule has 1 aromatic rings. The molecule has 4 nitrogen and oxygen atoms in total. The first-order valence-corrected chi connectivity index (χ1v) is 5.69. The lowest BCUT2D eigenvalue weighted by Gasteiger charge is -2.12. The van der Waals surface area contributed by atoms with E-state index in [0.717, 1.165) is 5.56 Å². The third-order valence-corrected chi connectivity index (χ3v) is 2.94. The van der Waals surface area contributed by atoms with Crippen LogP contribution >= 0.6 is 23.2 Å². The van der Waals surface area contributed by atoms with E-state index < -0.39 is 12.0 Å². The smallest absolute Gasteiger partial charge is 0.320 e. The van der Waals surface area contributed by atoms with E-state index in [4.69, 9.17) is 33.0 Å². The summed E-state index contributed by atoms with van der Waals surface area (Å²) in [4.78, 5) is 10.6. The summed E-state index contributed by atoms with van der Waals surface area (Å²) < 4.78 is 5.01. The number of hydrogen-bond acceptors (Lipinski definition) is 3. The van der Waals surface area contributed by atoms with Crippen molar-refractivity contribution < 1.29 is 14.6 Å². The Labute approximate surface area is 109 Å². The molecule has 0 spiro atoms. The highest BCUT2D eigenvalue weighted by molar-refractivity contribution is 6.34. The molecule has 0 bridgehead atoms. The Morgan fingerprint density at radius 2 is 2.12 bits per heavy atom. The van der Waals surface area contributed by atoms with Crippen molar-refractivity contribution in [3.05, 3.63) is 27.7 Å². The second kappa shape index (κ2) is 6.10.